The molecule has 0 atom stereocenters. The number of nitro benzene ring substituents is 1. The lowest BCUT2D eigenvalue weighted by Gasteiger charge is -2.26. The lowest BCUT2D eigenvalue weighted by molar-refractivity contribution is -0.384. The second kappa shape index (κ2) is 10.7. The van der Waals surface area contributed by atoms with Crippen molar-refractivity contribution < 1.29 is 36.6 Å². The second-order valence-corrected chi connectivity index (χ2v) is 10.1. The van der Waals surface area contributed by atoms with E-state index in [-0.39, 0.29) is 38.4 Å². The van der Waals surface area contributed by atoms with E-state index < -0.39 is 38.5 Å². The Morgan fingerprint density at radius 1 is 1.00 bits per heavy atom. The molecule has 1 saturated heterocycles. The molecule has 0 aliphatic carbocycles. The highest BCUT2D eigenvalue weighted by atomic mass is 35.5. The second-order valence-electron chi connectivity index (χ2n) is 7.76. The number of barbiturate groups is 1. The van der Waals surface area contributed by atoms with E-state index in [1.807, 2.05) is 5.32 Å². The van der Waals surface area contributed by atoms with E-state index in [9.17, 15) is 32.9 Å². The van der Waals surface area contributed by atoms with Crippen molar-refractivity contribution in [2.24, 2.45) is 0 Å². The highest BCUT2D eigenvalue weighted by Crippen LogP contribution is 2.39. The lowest BCUT2D eigenvalue weighted by atomic mass is 10.1. The number of amides is 4. The number of imide groups is 2. The number of nitro groups is 1. The van der Waals surface area contributed by atoms with Gasteiger partial charge in [0.25, 0.3) is 17.5 Å². The molecule has 0 spiro atoms. The van der Waals surface area contributed by atoms with E-state index in [1.165, 1.54) is 55.6 Å². The molecular weight excluding hydrogens is 577 g/mol. The van der Waals surface area contributed by atoms with Crippen LogP contribution >= 0.6 is 23.2 Å². The van der Waals surface area contributed by atoms with Crippen molar-refractivity contribution in [3.63, 3.8) is 0 Å². The van der Waals surface area contributed by atoms with Crippen LogP contribution in [-0.4, -0.2) is 38.3 Å². The molecular formula is C24H15Cl2N3O9S. The summed E-state index contributed by atoms with van der Waals surface area (Å²) < 4.78 is 35.8. The first kappa shape index (κ1) is 27.6. The molecule has 1 heterocycles. The molecule has 0 radical (unpaired) electrons. The van der Waals surface area contributed by atoms with Crippen LogP contribution in [0.2, 0.25) is 10.0 Å². The highest BCUT2D eigenvalue weighted by Gasteiger charge is 2.37. The van der Waals surface area contributed by atoms with Gasteiger partial charge < -0.3 is 8.92 Å². The minimum Gasteiger partial charge on any atom is -0.493 e. The number of carbonyl (C=O) groups excluding carboxylic acids is 3. The fourth-order valence-electron chi connectivity index (χ4n) is 3.45. The van der Waals surface area contributed by atoms with E-state index >= 15 is 0 Å². The van der Waals surface area contributed by atoms with Crippen LogP contribution in [0.1, 0.15) is 5.56 Å². The number of non-ortho nitro benzene ring substituents is 1. The van der Waals surface area contributed by atoms with Crippen molar-refractivity contribution in [3.8, 4) is 11.5 Å². The molecule has 4 rings (SSSR count). The zero-order valence-electron chi connectivity index (χ0n) is 19.6. The number of halogens is 2. The monoisotopic (exact) mass is 591 g/mol. The summed E-state index contributed by atoms with van der Waals surface area (Å²) in [6.07, 6.45) is 1.11. The molecule has 15 heteroatoms. The Hall–Kier alpha value is -4.46. The quantitative estimate of drug-likeness (QED) is 0.138. The summed E-state index contributed by atoms with van der Waals surface area (Å²) >= 11 is 12.1. The number of hydrogen-bond donors (Lipinski definition) is 1. The first-order valence-corrected chi connectivity index (χ1v) is 12.8. The van der Waals surface area contributed by atoms with E-state index in [0.29, 0.717) is 9.92 Å². The molecule has 0 saturated carbocycles. The number of carbonyl (C=O) groups is 3. The van der Waals surface area contributed by atoms with Gasteiger partial charge >= 0.3 is 16.1 Å². The summed E-state index contributed by atoms with van der Waals surface area (Å²) in [6, 6.07) is 11.2. The maximum absolute atomic E-state index is 13.1. The van der Waals surface area contributed by atoms with E-state index in [0.717, 1.165) is 18.2 Å². The van der Waals surface area contributed by atoms with Gasteiger partial charge in [-0.3, -0.25) is 25.0 Å². The summed E-state index contributed by atoms with van der Waals surface area (Å²) in [6.45, 7) is 0. The van der Waals surface area contributed by atoms with Gasteiger partial charge in [-0.15, -0.1) is 0 Å². The number of anilines is 1. The van der Waals surface area contributed by atoms with Gasteiger partial charge in [-0.2, -0.15) is 8.42 Å². The number of methoxy groups -OCH3 is 1. The number of rotatable bonds is 7. The number of nitrogens with one attached hydrogen (secondary N) is 1. The van der Waals surface area contributed by atoms with Crippen LogP contribution < -0.4 is 19.1 Å². The topological polar surface area (TPSA) is 162 Å². The molecule has 4 amide bonds. The number of nitrogens with zero attached hydrogens (tertiary/aromatic N) is 2. The lowest BCUT2D eigenvalue weighted by Crippen LogP contribution is -2.54. The summed E-state index contributed by atoms with van der Waals surface area (Å²) in [5, 5.41) is 13.0. The summed E-state index contributed by atoms with van der Waals surface area (Å²) in [7, 11) is -3.12. The van der Waals surface area contributed by atoms with Gasteiger partial charge in [-0.25, -0.2) is 9.69 Å². The third-order valence-corrected chi connectivity index (χ3v) is 7.05. The highest BCUT2D eigenvalue weighted by molar-refractivity contribution is 7.87. The molecule has 0 aromatic heterocycles. The molecule has 12 nitrogen and oxygen atoms in total. The van der Waals surface area contributed by atoms with Crippen molar-refractivity contribution in [1.29, 1.82) is 0 Å². The van der Waals surface area contributed by atoms with E-state index in [4.69, 9.17) is 32.1 Å². The van der Waals surface area contributed by atoms with Crippen LogP contribution in [0.15, 0.2) is 71.1 Å². The first-order chi connectivity index (χ1) is 18.4. The maximum Gasteiger partial charge on any atom is 0.339 e. The van der Waals surface area contributed by atoms with Gasteiger partial charge in [0.1, 0.15) is 10.5 Å². The van der Waals surface area contributed by atoms with Gasteiger partial charge in [0.15, 0.2) is 5.75 Å². The third kappa shape index (κ3) is 5.70. The molecule has 1 N–H and O–H groups in total. The Morgan fingerprint density at radius 3 is 2.23 bits per heavy atom. The Balaban J connectivity index is 1.68. The number of hydrogen-bond acceptors (Lipinski definition) is 9. The van der Waals surface area contributed by atoms with E-state index in [1.54, 1.807) is 0 Å². The normalized spacial score (nSPS) is 14.8. The summed E-state index contributed by atoms with van der Waals surface area (Å²) in [5.41, 5.74) is -0.635. The number of ether oxygens (including phenoxy) is 1. The Labute approximate surface area is 230 Å². The van der Waals surface area contributed by atoms with Crippen LogP contribution in [0.4, 0.5) is 16.2 Å². The fourth-order valence-corrected chi connectivity index (χ4v) is 4.83. The average Bonchev–Trinajstić information content (AvgIpc) is 2.88. The van der Waals surface area contributed by atoms with Crippen molar-refractivity contribution in [1.82, 2.24) is 5.32 Å². The van der Waals surface area contributed by atoms with Gasteiger partial charge in [-0.1, -0.05) is 23.2 Å². The van der Waals surface area contributed by atoms with Gasteiger partial charge in [0.05, 0.1) is 22.7 Å². The van der Waals surface area contributed by atoms with Crippen LogP contribution in [0.5, 0.6) is 11.5 Å². The first-order valence-electron chi connectivity index (χ1n) is 10.6. The smallest absolute Gasteiger partial charge is 0.339 e. The number of urea groups is 1. The van der Waals surface area contributed by atoms with Crippen molar-refractivity contribution in [3.05, 3.63) is 92.0 Å². The molecule has 3 aromatic carbocycles. The van der Waals surface area contributed by atoms with Gasteiger partial charge in [0, 0.05) is 17.2 Å². The predicted molar refractivity (Wildman–Crippen MR) is 139 cm³/mol. The minimum atomic E-state index is -4.34. The van der Waals surface area contributed by atoms with Gasteiger partial charge in [-0.05, 0) is 60.2 Å². The largest absolute Gasteiger partial charge is 0.493 e. The van der Waals surface area contributed by atoms with Crippen LogP contribution in [-0.2, 0) is 19.7 Å². The summed E-state index contributed by atoms with van der Waals surface area (Å²) in [4.78, 5) is 48.7. The van der Waals surface area contributed by atoms with Crippen molar-refractivity contribution >= 4 is 68.6 Å². The van der Waals surface area contributed by atoms with Gasteiger partial charge in [0.2, 0.25) is 5.75 Å². The van der Waals surface area contributed by atoms with E-state index in [2.05, 4.69) is 0 Å². The maximum atomic E-state index is 13.1. The third-order valence-electron chi connectivity index (χ3n) is 5.28. The standard InChI is InChI=1S/C24H15Cl2N3O9S/c1-37-20-12-13(11-19(26)21(20)38-39(35,36)17-8-2-14(25)3-9-17)10-18-22(30)27-24(32)28(23(18)31)15-4-6-16(7-5-15)29(33)34/h2-12H,1H3,(H,27,30,32)/b18-10+. The predicted octanol–water partition coefficient (Wildman–Crippen LogP) is 4.34. The Kier molecular flexibility index (Phi) is 7.58. The average molecular weight is 592 g/mol. The molecule has 1 aliphatic heterocycles. The van der Waals surface area contributed by atoms with Crippen LogP contribution in [0.25, 0.3) is 6.08 Å². The molecule has 1 aliphatic rings. The van der Waals surface area contributed by atoms with Crippen molar-refractivity contribution in [2.75, 3.05) is 12.0 Å². The molecule has 39 heavy (non-hydrogen) atoms. The fraction of sp³-hybridized carbons (Fsp3) is 0.0417. The molecule has 0 unspecified atom stereocenters. The molecule has 0 bridgehead atoms. The van der Waals surface area contributed by atoms with Crippen LogP contribution in [0.3, 0.4) is 0 Å². The SMILES string of the molecule is COc1cc(/C=C2\C(=O)NC(=O)N(c3ccc([N+](=O)[O-])cc3)C2=O)cc(Cl)c1OS(=O)(=O)c1ccc(Cl)cc1. The minimum absolute atomic E-state index is 0.0201. The molecule has 200 valence electrons. The van der Waals surface area contributed by atoms with Crippen molar-refractivity contribution in [2.45, 2.75) is 4.90 Å². The zero-order chi connectivity index (χ0) is 28.5. The molecule has 1 fully saturated rings. The Bertz CT molecular complexity index is 1660. The number of benzene rings is 3. The van der Waals surface area contributed by atoms with Crippen LogP contribution in [0, 0.1) is 10.1 Å². The molecule has 3 aromatic rings. The summed E-state index contributed by atoms with van der Waals surface area (Å²) in [5.74, 6) is -2.51. The zero-order valence-corrected chi connectivity index (χ0v) is 21.9. The Morgan fingerprint density at radius 2 is 1.64 bits per heavy atom.